The van der Waals surface area contributed by atoms with Crippen molar-refractivity contribution < 1.29 is 5.11 Å². The standard InChI is InChI=1S/C15H25N3O/c1-15(2)7-9-16-11-14(6-10-19)18(15)12-13-5-3-4-8-17-13/h3-5,8,14,16,19H,6-7,9-12H2,1-2H3. The van der Waals surface area contributed by atoms with Crippen molar-refractivity contribution in [2.24, 2.45) is 0 Å². The summed E-state index contributed by atoms with van der Waals surface area (Å²) in [5.74, 6) is 0. The molecule has 2 N–H and O–H groups in total. The third-order valence-electron chi connectivity index (χ3n) is 4.03. The Morgan fingerprint density at radius 3 is 3.00 bits per heavy atom. The monoisotopic (exact) mass is 263 g/mol. The molecule has 0 amide bonds. The van der Waals surface area contributed by atoms with Gasteiger partial charge in [-0.1, -0.05) is 6.07 Å². The van der Waals surface area contributed by atoms with Gasteiger partial charge in [-0.15, -0.1) is 0 Å². The number of pyridine rings is 1. The van der Waals surface area contributed by atoms with Crippen LogP contribution in [0.15, 0.2) is 24.4 Å². The number of rotatable bonds is 4. The SMILES string of the molecule is CC1(C)CCNCC(CCO)N1Cc1ccccn1. The smallest absolute Gasteiger partial charge is 0.0544 e. The van der Waals surface area contributed by atoms with Crippen molar-refractivity contribution in [1.82, 2.24) is 15.2 Å². The summed E-state index contributed by atoms with van der Waals surface area (Å²) < 4.78 is 0. The van der Waals surface area contributed by atoms with Gasteiger partial charge in [0.05, 0.1) is 5.69 Å². The van der Waals surface area contributed by atoms with Crippen molar-refractivity contribution >= 4 is 0 Å². The predicted octanol–water partition coefficient (Wildman–Crippen LogP) is 1.41. The molecular formula is C15H25N3O. The van der Waals surface area contributed by atoms with Crippen molar-refractivity contribution in [2.45, 2.75) is 44.8 Å². The summed E-state index contributed by atoms with van der Waals surface area (Å²) in [5.41, 5.74) is 1.22. The zero-order chi connectivity index (χ0) is 13.7. The van der Waals surface area contributed by atoms with E-state index in [1.165, 1.54) is 0 Å². The fourth-order valence-corrected chi connectivity index (χ4v) is 2.83. The summed E-state index contributed by atoms with van der Waals surface area (Å²) in [7, 11) is 0. The van der Waals surface area contributed by atoms with E-state index in [1.54, 1.807) is 0 Å². The lowest BCUT2D eigenvalue weighted by atomic mass is 9.95. The molecule has 1 fully saturated rings. The number of hydrogen-bond donors (Lipinski definition) is 2. The Morgan fingerprint density at radius 2 is 2.32 bits per heavy atom. The zero-order valence-electron chi connectivity index (χ0n) is 12.0. The van der Waals surface area contributed by atoms with E-state index in [0.29, 0.717) is 6.04 Å². The first-order chi connectivity index (χ1) is 9.13. The second-order valence-corrected chi connectivity index (χ2v) is 5.88. The van der Waals surface area contributed by atoms with Gasteiger partial charge < -0.3 is 10.4 Å². The molecule has 1 saturated heterocycles. The highest BCUT2D eigenvalue weighted by Crippen LogP contribution is 2.26. The fraction of sp³-hybridized carbons (Fsp3) is 0.667. The fourth-order valence-electron chi connectivity index (χ4n) is 2.83. The molecule has 1 unspecified atom stereocenters. The largest absolute Gasteiger partial charge is 0.396 e. The zero-order valence-corrected chi connectivity index (χ0v) is 12.0. The van der Waals surface area contributed by atoms with Crippen molar-refractivity contribution in [2.75, 3.05) is 19.7 Å². The van der Waals surface area contributed by atoms with Gasteiger partial charge in [0.25, 0.3) is 0 Å². The molecule has 1 atom stereocenters. The molecule has 4 heteroatoms. The molecular weight excluding hydrogens is 238 g/mol. The number of aliphatic hydroxyl groups is 1. The van der Waals surface area contributed by atoms with Crippen molar-refractivity contribution in [1.29, 1.82) is 0 Å². The van der Waals surface area contributed by atoms with Gasteiger partial charge in [0, 0.05) is 37.5 Å². The van der Waals surface area contributed by atoms with Crippen LogP contribution < -0.4 is 5.32 Å². The van der Waals surface area contributed by atoms with E-state index in [1.807, 2.05) is 18.3 Å². The van der Waals surface area contributed by atoms with Gasteiger partial charge in [-0.05, 0) is 45.4 Å². The summed E-state index contributed by atoms with van der Waals surface area (Å²) >= 11 is 0. The minimum absolute atomic E-state index is 0.126. The Morgan fingerprint density at radius 1 is 1.47 bits per heavy atom. The van der Waals surface area contributed by atoms with Crippen LogP contribution in [-0.2, 0) is 6.54 Å². The minimum Gasteiger partial charge on any atom is -0.396 e. The van der Waals surface area contributed by atoms with Gasteiger partial charge in [-0.25, -0.2) is 0 Å². The van der Waals surface area contributed by atoms with E-state index in [0.717, 1.165) is 38.2 Å². The second-order valence-electron chi connectivity index (χ2n) is 5.88. The van der Waals surface area contributed by atoms with Crippen LogP contribution in [0, 0.1) is 0 Å². The van der Waals surface area contributed by atoms with Gasteiger partial charge in [-0.2, -0.15) is 0 Å². The Hall–Kier alpha value is -0.970. The quantitative estimate of drug-likeness (QED) is 0.862. The molecule has 106 valence electrons. The molecule has 1 aromatic heterocycles. The molecule has 2 rings (SSSR count). The third-order valence-corrected chi connectivity index (χ3v) is 4.03. The Kier molecular flexibility index (Phi) is 4.91. The molecule has 4 nitrogen and oxygen atoms in total. The summed E-state index contributed by atoms with van der Waals surface area (Å²) in [6.45, 7) is 7.63. The van der Waals surface area contributed by atoms with E-state index in [4.69, 9.17) is 0 Å². The normalized spacial score (nSPS) is 24.1. The maximum absolute atomic E-state index is 9.29. The van der Waals surface area contributed by atoms with Crippen LogP contribution in [-0.4, -0.2) is 46.3 Å². The lowest BCUT2D eigenvalue weighted by molar-refractivity contribution is 0.0543. The average Bonchev–Trinajstić information content (AvgIpc) is 2.53. The molecule has 0 radical (unpaired) electrons. The molecule has 1 aliphatic rings. The summed E-state index contributed by atoms with van der Waals surface area (Å²) in [5, 5.41) is 12.8. The highest BCUT2D eigenvalue weighted by Gasteiger charge is 2.34. The first kappa shape index (κ1) is 14.4. The molecule has 0 aliphatic carbocycles. The Labute approximate surface area is 115 Å². The first-order valence-electron chi connectivity index (χ1n) is 7.12. The summed E-state index contributed by atoms with van der Waals surface area (Å²) in [4.78, 5) is 6.93. The van der Waals surface area contributed by atoms with E-state index in [9.17, 15) is 5.11 Å². The van der Waals surface area contributed by atoms with Gasteiger partial charge in [0.1, 0.15) is 0 Å². The molecule has 0 bridgehead atoms. The minimum atomic E-state index is 0.126. The van der Waals surface area contributed by atoms with Crippen LogP contribution in [0.5, 0.6) is 0 Å². The van der Waals surface area contributed by atoms with Crippen LogP contribution >= 0.6 is 0 Å². The maximum Gasteiger partial charge on any atom is 0.0544 e. The highest BCUT2D eigenvalue weighted by atomic mass is 16.3. The predicted molar refractivity (Wildman–Crippen MR) is 76.8 cm³/mol. The average molecular weight is 263 g/mol. The number of nitrogens with one attached hydrogen (secondary N) is 1. The van der Waals surface area contributed by atoms with Crippen LogP contribution in [0.25, 0.3) is 0 Å². The molecule has 0 aromatic carbocycles. The maximum atomic E-state index is 9.29. The van der Waals surface area contributed by atoms with E-state index in [2.05, 4.69) is 35.1 Å². The van der Waals surface area contributed by atoms with E-state index >= 15 is 0 Å². The highest BCUT2D eigenvalue weighted by molar-refractivity contribution is 5.05. The van der Waals surface area contributed by atoms with E-state index < -0.39 is 0 Å². The van der Waals surface area contributed by atoms with Crippen LogP contribution in [0.2, 0.25) is 0 Å². The molecule has 0 saturated carbocycles. The van der Waals surface area contributed by atoms with Crippen LogP contribution in [0.1, 0.15) is 32.4 Å². The van der Waals surface area contributed by atoms with Gasteiger partial charge in [-0.3, -0.25) is 9.88 Å². The first-order valence-corrected chi connectivity index (χ1v) is 7.12. The lowest BCUT2D eigenvalue weighted by Gasteiger charge is -2.41. The topological polar surface area (TPSA) is 48.4 Å². The number of nitrogens with zero attached hydrogens (tertiary/aromatic N) is 2. The van der Waals surface area contributed by atoms with Gasteiger partial charge in [0.15, 0.2) is 0 Å². The molecule has 2 heterocycles. The van der Waals surface area contributed by atoms with Gasteiger partial charge in [0.2, 0.25) is 0 Å². The third kappa shape index (κ3) is 3.75. The van der Waals surface area contributed by atoms with Crippen molar-refractivity contribution in [3.05, 3.63) is 30.1 Å². The van der Waals surface area contributed by atoms with Crippen molar-refractivity contribution in [3.8, 4) is 0 Å². The van der Waals surface area contributed by atoms with E-state index in [-0.39, 0.29) is 12.1 Å². The molecule has 0 spiro atoms. The van der Waals surface area contributed by atoms with Gasteiger partial charge >= 0.3 is 0 Å². The van der Waals surface area contributed by atoms with Crippen molar-refractivity contribution in [3.63, 3.8) is 0 Å². The second kappa shape index (κ2) is 6.46. The summed E-state index contributed by atoms with van der Waals surface area (Å²) in [6.07, 6.45) is 3.77. The number of hydrogen-bond acceptors (Lipinski definition) is 4. The number of aromatic nitrogens is 1. The lowest BCUT2D eigenvalue weighted by Crippen LogP contribution is -2.50. The Balaban J connectivity index is 2.18. The molecule has 19 heavy (non-hydrogen) atoms. The van der Waals surface area contributed by atoms with Crippen LogP contribution in [0.4, 0.5) is 0 Å². The Bertz CT molecular complexity index is 380. The molecule has 1 aliphatic heterocycles. The summed E-state index contributed by atoms with van der Waals surface area (Å²) in [6, 6.07) is 6.42. The number of aliphatic hydroxyl groups excluding tert-OH is 1. The van der Waals surface area contributed by atoms with Crippen LogP contribution in [0.3, 0.4) is 0 Å². The molecule has 1 aromatic rings.